The Morgan fingerprint density at radius 2 is 1.83 bits per heavy atom. The summed E-state index contributed by atoms with van der Waals surface area (Å²) in [5.74, 6) is -0.273. The summed E-state index contributed by atoms with van der Waals surface area (Å²) in [7, 11) is 1.41. The second-order valence-electron chi connectivity index (χ2n) is 4.31. The van der Waals surface area contributed by atoms with Gasteiger partial charge in [0.05, 0.1) is 12.7 Å². The van der Waals surface area contributed by atoms with Crippen molar-refractivity contribution in [3.63, 3.8) is 0 Å². The Kier molecular flexibility index (Phi) is 3.78. The lowest BCUT2D eigenvalue weighted by molar-refractivity contribution is 0.0599. The van der Waals surface area contributed by atoms with Gasteiger partial charge in [-0.1, -0.05) is 48.0 Å². The highest BCUT2D eigenvalue weighted by Crippen LogP contribution is 2.17. The zero-order valence-corrected chi connectivity index (χ0v) is 10.6. The minimum absolute atomic E-state index is 0.273. The molecule has 2 rings (SSSR count). The third-order valence-corrected chi connectivity index (χ3v) is 2.91. The molecule has 0 aromatic heterocycles. The molecule has 0 N–H and O–H groups in total. The molecule has 0 aliphatic carbocycles. The van der Waals surface area contributed by atoms with Crippen LogP contribution in [0.3, 0.4) is 0 Å². The number of hydrogen-bond donors (Lipinski definition) is 0. The van der Waals surface area contributed by atoms with Gasteiger partial charge in [-0.25, -0.2) is 4.79 Å². The highest BCUT2D eigenvalue weighted by Gasteiger charge is 2.12. The van der Waals surface area contributed by atoms with Gasteiger partial charge in [-0.3, -0.25) is 0 Å². The summed E-state index contributed by atoms with van der Waals surface area (Å²) in [6.07, 6.45) is 0.742. The Labute approximate surface area is 107 Å². The number of carbonyl (C=O) groups is 1. The highest BCUT2D eigenvalue weighted by atomic mass is 16.5. The minimum Gasteiger partial charge on any atom is -0.465 e. The number of esters is 1. The van der Waals surface area contributed by atoms with Crippen LogP contribution in [0.5, 0.6) is 0 Å². The highest BCUT2D eigenvalue weighted by molar-refractivity contribution is 5.91. The normalized spacial score (nSPS) is 10.1. The number of carbonyl (C=O) groups excluding carboxylic acids is 1. The van der Waals surface area contributed by atoms with Gasteiger partial charge in [0.2, 0.25) is 0 Å². The van der Waals surface area contributed by atoms with Crippen LogP contribution in [0.2, 0.25) is 0 Å². The van der Waals surface area contributed by atoms with Gasteiger partial charge in [0.15, 0.2) is 0 Å². The molecule has 0 radical (unpaired) electrons. The van der Waals surface area contributed by atoms with Crippen LogP contribution in [-0.4, -0.2) is 13.1 Å². The second-order valence-corrected chi connectivity index (χ2v) is 4.31. The van der Waals surface area contributed by atoms with E-state index in [0.717, 1.165) is 17.5 Å². The maximum absolute atomic E-state index is 11.8. The molecule has 0 atom stereocenters. The third kappa shape index (κ3) is 2.77. The van der Waals surface area contributed by atoms with Gasteiger partial charge in [0.1, 0.15) is 0 Å². The number of rotatable bonds is 3. The van der Waals surface area contributed by atoms with Crippen LogP contribution in [0, 0.1) is 6.92 Å². The van der Waals surface area contributed by atoms with Crippen molar-refractivity contribution in [2.24, 2.45) is 0 Å². The first kappa shape index (κ1) is 12.4. The molecule has 92 valence electrons. The Balaban J connectivity index is 2.35. The van der Waals surface area contributed by atoms with Crippen molar-refractivity contribution in [1.82, 2.24) is 0 Å². The molecule has 2 heteroatoms. The summed E-state index contributed by atoms with van der Waals surface area (Å²) < 4.78 is 4.83. The van der Waals surface area contributed by atoms with Crippen molar-refractivity contribution in [2.45, 2.75) is 13.3 Å². The predicted octanol–water partition coefficient (Wildman–Crippen LogP) is 3.37. The molecule has 18 heavy (non-hydrogen) atoms. The maximum Gasteiger partial charge on any atom is 0.338 e. The first-order valence-electron chi connectivity index (χ1n) is 5.92. The summed E-state index contributed by atoms with van der Waals surface area (Å²) in [4.78, 5) is 11.8. The van der Waals surface area contributed by atoms with E-state index in [4.69, 9.17) is 4.74 Å². The van der Waals surface area contributed by atoms with Gasteiger partial charge in [-0.05, 0) is 30.5 Å². The number of benzene rings is 2. The monoisotopic (exact) mass is 240 g/mol. The summed E-state index contributed by atoms with van der Waals surface area (Å²) >= 11 is 0. The Hall–Kier alpha value is -2.09. The molecular formula is C16H16O2. The van der Waals surface area contributed by atoms with Crippen molar-refractivity contribution in [2.75, 3.05) is 7.11 Å². The minimum atomic E-state index is -0.273. The molecule has 0 saturated heterocycles. The van der Waals surface area contributed by atoms with E-state index >= 15 is 0 Å². The number of aryl methyl sites for hydroxylation is 1. The third-order valence-electron chi connectivity index (χ3n) is 2.91. The van der Waals surface area contributed by atoms with E-state index in [1.54, 1.807) is 0 Å². The summed E-state index contributed by atoms with van der Waals surface area (Å²) in [5, 5.41) is 0. The average Bonchev–Trinajstić information content (AvgIpc) is 2.41. The van der Waals surface area contributed by atoms with Gasteiger partial charge in [-0.15, -0.1) is 0 Å². The molecule has 0 unspecified atom stereocenters. The summed E-state index contributed by atoms with van der Waals surface area (Å²) in [5.41, 5.74) is 3.90. The van der Waals surface area contributed by atoms with Crippen LogP contribution >= 0.6 is 0 Å². The smallest absolute Gasteiger partial charge is 0.338 e. The van der Waals surface area contributed by atoms with Crippen molar-refractivity contribution < 1.29 is 9.53 Å². The lowest BCUT2D eigenvalue weighted by atomic mass is 9.98. The lowest BCUT2D eigenvalue weighted by Gasteiger charge is -2.09. The number of ether oxygens (including phenoxy) is 1. The fourth-order valence-corrected chi connectivity index (χ4v) is 1.96. The van der Waals surface area contributed by atoms with Crippen LogP contribution in [0.1, 0.15) is 27.0 Å². The first-order valence-corrected chi connectivity index (χ1v) is 5.92. The zero-order chi connectivity index (χ0) is 13.0. The maximum atomic E-state index is 11.8. The fraction of sp³-hybridized carbons (Fsp3) is 0.188. The van der Waals surface area contributed by atoms with E-state index < -0.39 is 0 Å². The van der Waals surface area contributed by atoms with Crippen molar-refractivity contribution in [3.8, 4) is 0 Å². The summed E-state index contributed by atoms with van der Waals surface area (Å²) in [6.45, 7) is 1.97. The lowest BCUT2D eigenvalue weighted by Crippen LogP contribution is -2.06. The Morgan fingerprint density at radius 1 is 1.11 bits per heavy atom. The molecule has 2 nitrogen and oxygen atoms in total. The quantitative estimate of drug-likeness (QED) is 0.769. The Bertz CT molecular complexity index is 544. The average molecular weight is 240 g/mol. The molecule has 0 spiro atoms. The van der Waals surface area contributed by atoms with Crippen LogP contribution in [-0.2, 0) is 11.2 Å². The number of hydrogen-bond acceptors (Lipinski definition) is 2. The van der Waals surface area contributed by atoms with E-state index in [-0.39, 0.29) is 5.97 Å². The van der Waals surface area contributed by atoms with E-state index in [1.807, 2.05) is 43.3 Å². The predicted molar refractivity (Wildman–Crippen MR) is 71.8 cm³/mol. The molecule has 2 aromatic rings. The van der Waals surface area contributed by atoms with E-state index in [9.17, 15) is 4.79 Å². The standard InChI is InChI=1S/C16H16O2/c1-12-8-9-14(15(10-12)16(17)18-2)11-13-6-4-3-5-7-13/h3-10H,11H2,1-2H3. The fourth-order valence-electron chi connectivity index (χ4n) is 1.96. The van der Waals surface area contributed by atoms with Crippen molar-refractivity contribution in [1.29, 1.82) is 0 Å². The Morgan fingerprint density at radius 3 is 2.50 bits per heavy atom. The molecule has 0 heterocycles. The van der Waals surface area contributed by atoms with Crippen molar-refractivity contribution >= 4 is 5.97 Å². The van der Waals surface area contributed by atoms with Gasteiger partial charge < -0.3 is 4.74 Å². The zero-order valence-electron chi connectivity index (χ0n) is 10.6. The van der Waals surface area contributed by atoms with Crippen LogP contribution in [0.25, 0.3) is 0 Å². The van der Waals surface area contributed by atoms with Crippen LogP contribution < -0.4 is 0 Å². The van der Waals surface area contributed by atoms with Crippen molar-refractivity contribution in [3.05, 3.63) is 70.8 Å². The molecule has 0 saturated carbocycles. The van der Waals surface area contributed by atoms with Gasteiger partial charge in [0, 0.05) is 0 Å². The van der Waals surface area contributed by atoms with Crippen LogP contribution in [0.15, 0.2) is 48.5 Å². The van der Waals surface area contributed by atoms with E-state index in [1.165, 1.54) is 12.7 Å². The van der Waals surface area contributed by atoms with Gasteiger partial charge in [-0.2, -0.15) is 0 Å². The van der Waals surface area contributed by atoms with Gasteiger partial charge in [0.25, 0.3) is 0 Å². The molecule has 2 aromatic carbocycles. The SMILES string of the molecule is COC(=O)c1cc(C)ccc1Cc1ccccc1. The van der Waals surface area contributed by atoms with Crippen LogP contribution in [0.4, 0.5) is 0 Å². The largest absolute Gasteiger partial charge is 0.465 e. The molecular weight excluding hydrogens is 224 g/mol. The number of methoxy groups -OCH3 is 1. The van der Waals surface area contributed by atoms with E-state index in [2.05, 4.69) is 12.1 Å². The molecule has 0 aliphatic heterocycles. The molecule has 0 amide bonds. The molecule has 0 bridgehead atoms. The summed E-state index contributed by atoms with van der Waals surface area (Å²) in [6, 6.07) is 16.0. The second kappa shape index (κ2) is 5.50. The van der Waals surface area contributed by atoms with E-state index in [0.29, 0.717) is 5.56 Å². The topological polar surface area (TPSA) is 26.3 Å². The first-order chi connectivity index (χ1) is 8.70. The molecule has 0 fully saturated rings. The molecule has 0 aliphatic rings. The van der Waals surface area contributed by atoms with Gasteiger partial charge >= 0.3 is 5.97 Å².